The summed E-state index contributed by atoms with van der Waals surface area (Å²) in [7, 11) is 2.20. The molecule has 1 aliphatic carbocycles. The van der Waals surface area contributed by atoms with Crippen LogP contribution in [0, 0.1) is 5.41 Å². The van der Waals surface area contributed by atoms with E-state index in [9.17, 15) is 0 Å². The summed E-state index contributed by atoms with van der Waals surface area (Å²) in [6.45, 7) is 10.9. The Hall–Kier alpha value is -0.460. The van der Waals surface area contributed by atoms with Gasteiger partial charge in [0.05, 0.1) is 0 Å². The molecule has 0 N–H and O–H groups in total. The molecule has 0 saturated heterocycles. The second-order valence-electron chi connectivity index (χ2n) is 5.25. The first kappa shape index (κ1) is 10.6. The number of hydrogen-bond donors (Lipinski definition) is 0. The summed E-state index contributed by atoms with van der Waals surface area (Å²) in [6.07, 6.45) is 5.50. The molecule has 0 aliphatic heterocycles. The zero-order valence-corrected chi connectivity index (χ0v) is 9.56. The average Bonchev–Trinajstić information content (AvgIpc) is 2.51. The lowest BCUT2D eigenvalue weighted by Crippen LogP contribution is -2.33. The van der Waals surface area contributed by atoms with E-state index in [1.54, 1.807) is 0 Å². The van der Waals surface area contributed by atoms with Gasteiger partial charge in [-0.1, -0.05) is 40.2 Å². The van der Waals surface area contributed by atoms with Crippen LogP contribution in [0.3, 0.4) is 0 Å². The first-order valence-corrected chi connectivity index (χ1v) is 5.35. The number of rotatable bonds is 2. The molecule has 1 saturated carbocycles. The molecule has 1 heteroatoms. The highest BCUT2D eigenvalue weighted by Gasteiger charge is 2.25. The molecule has 1 aliphatic rings. The van der Waals surface area contributed by atoms with Gasteiger partial charge >= 0.3 is 0 Å². The van der Waals surface area contributed by atoms with Crippen molar-refractivity contribution >= 4 is 0 Å². The lowest BCUT2D eigenvalue weighted by Gasteiger charge is -2.35. The fourth-order valence-electron chi connectivity index (χ4n) is 2.04. The standard InChI is InChI=1S/C12H23N/c1-10(12(2,3)4)13(5)11-8-6-7-9-11/h11H,1,6-9H2,2-5H3. The first-order valence-electron chi connectivity index (χ1n) is 5.35. The van der Waals surface area contributed by atoms with Gasteiger partial charge in [-0.3, -0.25) is 0 Å². The zero-order chi connectivity index (χ0) is 10.1. The molecule has 0 spiro atoms. The molecule has 13 heavy (non-hydrogen) atoms. The van der Waals surface area contributed by atoms with Crippen molar-refractivity contribution in [1.82, 2.24) is 4.90 Å². The summed E-state index contributed by atoms with van der Waals surface area (Å²) in [5.41, 5.74) is 1.50. The van der Waals surface area contributed by atoms with Crippen LogP contribution in [0.4, 0.5) is 0 Å². The maximum atomic E-state index is 4.20. The molecule has 1 nitrogen and oxygen atoms in total. The third-order valence-electron chi connectivity index (χ3n) is 3.16. The van der Waals surface area contributed by atoms with Crippen LogP contribution in [0.2, 0.25) is 0 Å². The van der Waals surface area contributed by atoms with Crippen LogP contribution in [0.1, 0.15) is 46.5 Å². The van der Waals surface area contributed by atoms with Gasteiger partial charge in [-0.15, -0.1) is 0 Å². The van der Waals surface area contributed by atoms with E-state index in [0.717, 1.165) is 6.04 Å². The van der Waals surface area contributed by atoms with Gasteiger partial charge in [0.25, 0.3) is 0 Å². The van der Waals surface area contributed by atoms with Crippen molar-refractivity contribution in [2.24, 2.45) is 5.41 Å². The SMILES string of the molecule is C=C(N(C)C1CCCC1)C(C)(C)C. The molecule has 1 rings (SSSR count). The van der Waals surface area contributed by atoms with E-state index < -0.39 is 0 Å². The minimum atomic E-state index is 0.220. The van der Waals surface area contributed by atoms with Crippen molar-refractivity contribution in [1.29, 1.82) is 0 Å². The topological polar surface area (TPSA) is 3.24 Å². The first-order chi connectivity index (χ1) is 5.93. The number of hydrogen-bond acceptors (Lipinski definition) is 1. The molecule has 0 radical (unpaired) electrons. The number of allylic oxidation sites excluding steroid dienone is 1. The second-order valence-corrected chi connectivity index (χ2v) is 5.25. The monoisotopic (exact) mass is 181 g/mol. The van der Waals surface area contributed by atoms with Gasteiger partial charge in [0.2, 0.25) is 0 Å². The minimum Gasteiger partial charge on any atom is -0.375 e. The summed E-state index contributed by atoms with van der Waals surface area (Å²) >= 11 is 0. The van der Waals surface area contributed by atoms with E-state index in [1.165, 1.54) is 31.4 Å². The summed E-state index contributed by atoms with van der Waals surface area (Å²) in [4.78, 5) is 2.40. The molecule has 0 unspecified atom stereocenters. The Balaban J connectivity index is 2.56. The van der Waals surface area contributed by atoms with Gasteiger partial charge in [-0.2, -0.15) is 0 Å². The lowest BCUT2D eigenvalue weighted by molar-refractivity contribution is 0.246. The maximum Gasteiger partial charge on any atom is 0.0283 e. The second kappa shape index (κ2) is 3.73. The molecule has 0 aromatic carbocycles. The smallest absolute Gasteiger partial charge is 0.0283 e. The average molecular weight is 181 g/mol. The highest BCUT2D eigenvalue weighted by atomic mass is 15.1. The summed E-state index contributed by atoms with van der Waals surface area (Å²) in [6, 6.07) is 0.756. The third kappa shape index (κ3) is 2.49. The van der Waals surface area contributed by atoms with Crippen LogP contribution in [0.5, 0.6) is 0 Å². The Morgan fingerprint density at radius 2 is 1.69 bits per heavy atom. The Morgan fingerprint density at radius 3 is 2.08 bits per heavy atom. The molecule has 0 amide bonds. The van der Waals surface area contributed by atoms with E-state index in [0.29, 0.717) is 0 Å². The van der Waals surface area contributed by atoms with Crippen LogP contribution >= 0.6 is 0 Å². The Labute approximate surface area is 82.8 Å². The maximum absolute atomic E-state index is 4.20. The van der Waals surface area contributed by atoms with Crippen molar-refractivity contribution in [2.75, 3.05) is 7.05 Å². The van der Waals surface area contributed by atoms with Crippen LogP contribution in [0.25, 0.3) is 0 Å². The highest BCUT2D eigenvalue weighted by molar-refractivity contribution is 5.05. The molecule has 0 aromatic heterocycles. The third-order valence-corrected chi connectivity index (χ3v) is 3.16. The predicted molar refractivity (Wildman–Crippen MR) is 58.6 cm³/mol. The van der Waals surface area contributed by atoms with Crippen LogP contribution in [-0.4, -0.2) is 18.0 Å². The van der Waals surface area contributed by atoms with E-state index in [2.05, 4.69) is 39.3 Å². The van der Waals surface area contributed by atoms with Gasteiger partial charge in [-0.05, 0) is 12.8 Å². The van der Waals surface area contributed by atoms with Crippen molar-refractivity contribution in [2.45, 2.75) is 52.5 Å². The minimum absolute atomic E-state index is 0.220. The van der Waals surface area contributed by atoms with E-state index in [1.807, 2.05) is 0 Å². The molecular weight excluding hydrogens is 158 g/mol. The molecule has 0 heterocycles. The largest absolute Gasteiger partial charge is 0.375 e. The van der Waals surface area contributed by atoms with Crippen LogP contribution < -0.4 is 0 Å². The predicted octanol–water partition coefficient (Wildman–Crippen LogP) is 3.42. The quantitative estimate of drug-likeness (QED) is 0.631. The fraction of sp³-hybridized carbons (Fsp3) is 0.833. The van der Waals surface area contributed by atoms with Crippen molar-refractivity contribution in [3.05, 3.63) is 12.3 Å². The molecule has 0 atom stereocenters. The Morgan fingerprint density at radius 1 is 1.23 bits per heavy atom. The van der Waals surface area contributed by atoms with Crippen LogP contribution in [0.15, 0.2) is 12.3 Å². The van der Waals surface area contributed by atoms with Crippen molar-refractivity contribution in [3.63, 3.8) is 0 Å². The van der Waals surface area contributed by atoms with Gasteiger partial charge in [0, 0.05) is 24.2 Å². The van der Waals surface area contributed by atoms with E-state index in [-0.39, 0.29) is 5.41 Å². The summed E-state index contributed by atoms with van der Waals surface area (Å²) < 4.78 is 0. The van der Waals surface area contributed by atoms with Gasteiger partial charge in [0.1, 0.15) is 0 Å². The zero-order valence-electron chi connectivity index (χ0n) is 9.56. The van der Waals surface area contributed by atoms with Crippen LogP contribution in [-0.2, 0) is 0 Å². The summed E-state index contributed by atoms with van der Waals surface area (Å²) in [5, 5.41) is 0. The van der Waals surface area contributed by atoms with E-state index >= 15 is 0 Å². The summed E-state index contributed by atoms with van der Waals surface area (Å²) in [5.74, 6) is 0. The Kier molecular flexibility index (Phi) is 3.05. The molecular formula is C12H23N. The lowest BCUT2D eigenvalue weighted by atomic mass is 9.91. The Bertz CT molecular complexity index is 182. The highest BCUT2D eigenvalue weighted by Crippen LogP contribution is 2.31. The van der Waals surface area contributed by atoms with Crippen molar-refractivity contribution in [3.8, 4) is 0 Å². The number of nitrogens with zero attached hydrogens (tertiary/aromatic N) is 1. The van der Waals surface area contributed by atoms with E-state index in [4.69, 9.17) is 0 Å². The molecule has 76 valence electrons. The molecule has 0 aromatic rings. The normalized spacial score (nSPS) is 19.1. The van der Waals surface area contributed by atoms with Gasteiger partial charge in [0.15, 0.2) is 0 Å². The van der Waals surface area contributed by atoms with Gasteiger partial charge in [-0.25, -0.2) is 0 Å². The molecule has 1 fully saturated rings. The molecule has 0 bridgehead atoms. The van der Waals surface area contributed by atoms with Crippen molar-refractivity contribution < 1.29 is 0 Å². The van der Waals surface area contributed by atoms with Gasteiger partial charge < -0.3 is 4.90 Å². The fourth-order valence-corrected chi connectivity index (χ4v) is 2.04.